The van der Waals surface area contributed by atoms with Crippen molar-refractivity contribution in [3.05, 3.63) is 57.7 Å². The quantitative estimate of drug-likeness (QED) is 0.943. The van der Waals surface area contributed by atoms with Crippen molar-refractivity contribution in [1.29, 1.82) is 0 Å². The van der Waals surface area contributed by atoms with Crippen molar-refractivity contribution in [3.8, 4) is 5.88 Å². The summed E-state index contributed by atoms with van der Waals surface area (Å²) in [5, 5.41) is 9.07. The molecule has 3 nitrogen and oxygen atoms in total. The highest BCUT2D eigenvalue weighted by molar-refractivity contribution is 9.10. The molecular formula is C14H14BrNO2. The second-order valence-electron chi connectivity index (χ2n) is 3.93. The summed E-state index contributed by atoms with van der Waals surface area (Å²) in [4.78, 5) is 4.29. The highest BCUT2D eigenvalue weighted by Crippen LogP contribution is 2.19. The van der Waals surface area contributed by atoms with Crippen molar-refractivity contribution in [2.75, 3.05) is 0 Å². The lowest BCUT2D eigenvalue weighted by atomic mass is 10.2. The lowest BCUT2D eigenvalue weighted by molar-refractivity contribution is 0.276. The van der Waals surface area contributed by atoms with Crippen LogP contribution >= 0.6 is 15.9 Å². The molecule has 0 aliphatic heterocycles. The molecular weight excluding hydrogens is 294 g/mol. The fourth-order valence-corrected chi connectivity index (χ4v) is 1.98. The van der Waals surface area contributed by atoms with Crippen molar-refractivity contribution in [3.63, 3.8) is 0 Å². The Kier molecular flexibility index (Phi) is 4.33. The van der Waals surface area contributed by atoms with Crippen LogP contribution in [-0.4, -0.2) is 10.1 Å². The van der Waals surface area contributed by atoms with E-state index in [4.69, 9.17) is 9.84 Å². The molecule has 0 aliphatic rings. The minimum Gasteiger partial charge on any atom is -0.473 e. The van der Waals surface area contributed by atoms with E-state index < -0.39 is 0 Å². The molecule has 0 amide bonds. The van der Waals surface area contributed by atoms with Gasteiger partial charge in [0.15, 0.2) is 0 Å². The molecule has 2 aromatic rings. The second kappa shape index (κ2) is 5.98. The number of benzene rings is 1. The fraction of sp³-hybridized carbons (Fsp3) is 0.214. The van der Waals surface area contributed by atoms with E-state index in [2.05, 4.69) is 20.9 Å². The second-order valence-corrected chi connectivity index (χ2v) is 4.79. The summed E-state index contributed by atoms with van der Waals surface area (Å²) in [5.41, 5.74) is 2.69. The number of pyridine rings is 1. The van der Waals surface area contributed by atoms with Gasteiger partial charge < -0.3 is 9.84 Å². The van der Waals surface area contributed by atoms with Crippen molar-refractivity contribution in [2.24, 2.45) is 0 Å². The molecule has 0 atom stereocenters. The van der Waals surface area contributed by atoms with Gasteiger partial charge in [-0.15, -0.1) is 0 Å². The van der Waals surface area contributed by atoms with Crippen molar-refractivity contribution in [1.82, 2.24) is 4.98 Å². The zero-order chi connectivity index (χ0) is 13.0. The monoisotopic (exact) mass is 307 g/mol. The highest BCUT2D eigenvalue weighted by Gasteiger charge is 2.03. The Balaban J connectivity index is 2.07. The topological polar surface area (TPSA) is 42.4 Å². The Morgan fingerprint density at radius 1 is 1.17 bits per heavy atom. The summed E-state index contributed by atoms with van der Waals surface area (Å²) in [6.07, 6.45) is 0. The average Bonchev–Trinajstić information content (AvgIpc) is 2.38. The first kappa shape index (κ1) is 13.1. The van der Waals surface area contributed by atoms with E-state index in [9.17, 15) is 0 Å². The normalized spacial score (nSPS) is 10.4. The number of hydrogen-bond acceptors (Lipinski definition) is 3. The third kappa shape index (κ3) is 3.09. The average molecular weight is 308 g/mol. The molecule has 4 heteroatoms. The van der Waals surface area contributed by atoms with Gasteiger partial charge in [0.05, 0.1) is 6.61 Å². The van der Waals surface area contributed by atoms with E-state index in [1.165, 1.54) is 0 Å². The van der Waals surface area contributed by atoms with E-state index in [1.54, 1.807) is 6.07 Å². The third-order valence-corrected chi connectivity index (χ3v) is 3.45. The van der Waals surface area contributed by atoms with Crippen LogP contribution in [0.25, 0.3) is 0 Å². The zero-order valence-corrected chi connectivity index (χ0v) is 11.6. The number of halogens is 1. The van der Waals surface area contributed by atoms with Gasteiger partial charge in [0, 0.05) is 21.8 Å². The van der Waals surface area contributed by atoms with Gasteiger partial charge in [-0.25, -0.2) is 4.98 Å². The number of aliphatic hydroxyl groups excluding tert-OH is 1. The SMILES string of the molecule is Cc1nc(OCc2ccccc2Br)ccc1CO. The summed E-state index contributed by atoms with van der Waals surface area (Å²) < 4.78 is 6.65. The number of ether oxygens (including phenoxy) is 1. The maximum absolute atomic E-state index is 9.07. The number of aromatic nitrogens is 1. The van der Waals surface area contributed by atoms with Gasteiger partial charge >= 0.3 is 0 Å². The van der Waals surface area contributed by atoms with Gasteiger partial charge in [-0.2, -0.15) is 0 Å². The minimum atomic E-state index is 0.00332. The molecule has 0 aliphatic carbocycles. The van der Waals surface area contributed by atoms with Crippen molar-refractivity contribution >= 4 is 15.9 Å². The first-order valence-corrected chi connectivity index (χ1v) is 6.43. The molecule has 1 aromatic heterocycles. The molecule has 94 valence electrons. The number of hydrogen-bond donors (Lipinski definition) is 1. The van der Waals surface area contributed by atoms with E-state index >= 15 is 0 Å². The molecule has 18 heavy (non-hydrogen) atoms. The Labute approximate surface area is 115 Å². The first-order chi connectivity index (χ1) is 8.70. The number of nitrogens with zero attached hydrogens (tertiary/aromatic N) is 1. The van der Waals surface area contributed by atoms with E-state index in [0.29, 0.717) is 12.5 Å². The largest absolute Gasteiger partial charge is 0.473 e. The van der Waals surface area contributed by atoms with Crippen LogP contribution in [-0.2, 0) is 13.2 Å². The smallest absolute Gasteiger partial charge is 0.213 e. The van der Waals surface area contributed by atoms with Gasteiger partial charge in [0.25, 0.3) is 0 Å². The van der Waals surface area contributed by atoms with Crippen LogP contribution in [0.1, 0.15) is 16.8 Å². The lowest BCUT2D eigenvalue weighted by Crippen LogP contribution is -2.00. The maximum atomic E-state index is 9.07. The van der Waals surface area contributed by atoms with Crippen LogP contribution < -0.4 is 4.74 Å². The Morgan fingerprint density at radius 3 is 2.61 bits per heavy atom. The van der Waals surface area contributed by atoms with Crippen LogP contribution in [0.15, 0.2) is 40.9 Å². The van der Waals surface area contributed by atoms with Gasteiger partial charge in [0.1, 0.15) is 6.61 Å². The molecule has 0 saturated heterocycles. The number of aryl methyl sites for hydroxylation is 1. The molecule has 1 aromatic carbocycles. The van der Waals surface area contributed by atoms with Gasteiger partial charge in [0.2, 0.25) is 5.88 Å². The lowest BCUT2D eigenvalue weighted by Gasteiger charge is -2.09. The van der Waals surface area contributed by atoms with Gasteiger partial charge in [-0.3, -0.25) is 0 Å². The molecule has 0 fully saturated rings. The summed E-state index contributed by atoms with van der Waals surface area (Å²) in [6, 6.07) is 11.5. The Bertz CT molecular complexity index is 543. The van der Waals surface area contributed by atoms with Crippen LogP contribution in [0.4, 0.5) is 0 Å². The first-order valence-electron chi connectivity index (χ1n) is 5.64. The third-order valence-electron chi connectivity index (χ3n) is 2.67. The van der Waals surface area contributed by atoms with Crippen LogP contribution in [0.2, 0.25) is 0 Å². The van der Waals surface area contributed by atoms with Crippen LogP contribution in [0.5, 0.6) is 5.88 Å². The number of rotatable bonds is 4. The predicted molar refractivity (Wildman–Crippen MR) is 73.4 cm³/mol. The van der Waals surface area contributed by atoms with Crippen molar-refractivity contribution in [2.45, 2.75) is 20.1 Å². The Hall–Kier alpha value is -1.39. The molecule has 1 N–H and O–H groups in total. The summed E-state index contributed by atoms with van der Waals surface area (Å²) >= 11 is 3.47. The standard InChI is InChI=1S/C14H14BrNO2/c1-10-11(8-17)6-7-14(16-10)18-9-12-4-2-3-5-13(12)15/h2-7,17H,8-9H2,1H3. The van der Waals surface area contributed by atoms with Crippen LogP contribution in [0.3, 0.4) is 0 Å². The molecule has 0 spiro atoms. The maximum Gasteiger partial charge on any atom is 0.213 e. The fourth-order valence-electron chi connectivity index (χ4n) is 1.58. The van der Waals surface area contributed by atoms with E-state index in [-0.39, 0.29) is 6.61 Å². The molecule has 0 radical (unpaired) electrons. The summed E-state index contributed by atoms with van der Waals surface area (Å²) in [5.74, 6) is 0.570. The molecule has 0 unspecified atom stereocenters. The summed E-state index contributed by atoms with van der Waals surface area (Å²) in [7, 11) is 0. The predicted octanol–water partition coefficient (Wildman–Crippen LogP) is 3.22. The molecule has 2 rings (SSSR count). The molecule has 1 heterocycles. The van der Waals surface area contributed by atoms with Crippen molar-refractivity contribution < 1.29 is 9.84 Å². The molecule has 0 bridgehead atoms. The zero-order valence-electron chi connectivity index (χ0n) is 10.1. The Morgan fingerprint density at radius 2 is 1.94 bits per heavy atom. The molecule has 0 saturated carbocycles. The van der Waals surface area contributed by atoms with Gasteiger partial charge in [-0.1, -0.05) is 34.1 Å². The van der Waals surface area contributed by atoms with Gasteiger partial charge in [-0.05, 0) is 24.6 Å². The van der Waals surface area contributed by atoms with E-state index in [1.807, 2.05) is 37.3 Å². The van der Waals surface area contributed by atoms with E-state index in [0.717, 1.165) is 21.3 Å². The van der Waals surface area contributed by atoms with Crippen LogP contribution in [0, 0.1) is 6.92 Å². The highest BCUT2D eigenvalue weighted by atomic mass is 79.9. The summed E-state index contributed by atoms with van der Waals surface area (Å²) in [6.45, 7) is 2.33. The minimum absolute atomic E-state index is 0.00332. The number of aliphatic hydroxyl groups is 1.